The first-order valence-corrected chi connectivity index (χ1v) is 10.4. The van der Waals surface area contributed by atoms with Crippen LogP contribution in [0.1, 0.15) is 39.2 Å². The maximum absolute atomic E-state index is 13.9. The van der Waals surface area contributed by atoms with E-state index in [9.17, 15) is 14.0 Å². The third-order valence-corrected chi connectivity index (χ3v) is 5.98. The van der Waals surface area contributed by atoms with Crippen molar-refractivity contribution in [2.45, 2.75) is 46.2 Å². The summed E-state index contributed by atoms with van der Waals surface area (Å²) in [6.45, 7) is 10.3. The third kappa shape index (κ3) is 4.72. The minimum absolute atomic E-state index is 0.0485. The molecule has 2 saturated heterocycles. The highest BCUT2D eigenvalue weighted by molar-refractivity contribution is 5.84. The van der Waals surface area contributed by atoms with Gasteiger partial charge in [0.05, 0.1) is 5.92 Å². The largest absolute Gasteiger partial charge is 0.340 e. The lowest BCUT2D eigenvalue weighted by atomic mass is 9.87. The summed E-state index contributed by atoms with van der Waals surface area (Å²) in [6, 6.07) is 6.81. The maximum Gasteiger partial charge on any atom is 0.227 e. The predicted octanol–water partition coefficient (Wildman–Crippen LogP) is 2.75. The van der Waals surface area contributed by atoms with Gasteiger partial charge in [0.2, 0.25) is 11.8 Å². The van der Waals surface area contributed by atoms with Gasteiger partial charge in [0, 0.05) is 57.3 Å². The number of likely N-dealkylation sites (tertiary alicyclic amines) is 1. The number of carbonyl (C=O) groups excluding carboxylic acids is 2. The summed E-state index contributed by atoms with van der Waals surface area (Å²) in [5.41, 5.74) is 0.700. The molecule has 28 heavy (non-hydrogen) atoms. The van der Waals surface area contributed by atoms with E-state index in [1.165, 1.54) is 6.07 Å². The van der Waals surface area contributed by atoms with Crippen molar-refractivity contribution in [3.63, 3.8) is 0 Å². The highest BCUT2D eigenvalue weighted by Gasteiger charge is 2.39. The number of carbonyl (C=O) groups is 2. The lowest BCUT2D eigenvalue weighted by Crippen LogP contribution is -2.56. The zero-order valence-electron chi connectivity index (χ0n) is 17.2. The third-order valence-electron chi connectivity index (χ3n) is 5.98. The molecule has 0 bridgehead atoms. The summed E-state index contributed by atoms with van der Waals surface area (Å²) in [4.78, 5) is 31.4. The molecule has 2 heterocycles. The fourth-order valence-corrected chi connectivity index (χ4v) is 4.33. The average Bonchev–Trinajstić information content (AvgIpc) is 2.67. The summed E-state index contributed by atoms with van der Waals surface area (Å²) in [7, 11) is 0. The minimum atomic E-state index is -0.174. The first-order valence-electron chi connectivity index (χ1n) is 10.4. The molecule has 0 spiro atoms. The molecule has 0 N–H and O–H groups in total. The van der Waals surface area contributed by atoms with E-state index in [0.29, 0.717) is 50.5 Å². The Labute approximate surface area is 167 Å². The zero-order chi connectivity index (χ0) is 20.3. The van der Waals surface area contributed by atoms with Crippen LogP contribution in [0, 0.1) is 17.7 Å². The number of nitrogens with zero attached hydrogens (tertiary/aromatic N) is 3. The van der Waals surface area contributed by atoms with Gasteiger partial charge in [-0.2, -0.15) is 0 Å². The van der Waals surface area contributed by atoms with E-state index in [1.54, 1.807) is 6.07 Å². The molecule has 0 radical (unpaired) electrons. The molecule has 0 aliphatic carbocycles. The van der Waals surface area contributed by atoms with Crippen LogP contribution in [0.2, 0.25) is 0 Å². The van der Waals surface area contributed by atoms with Crippen LogP contribution in [0.25, 0.3) is 0 Å². The van der Waals surface area contributed by atoms with Crippen molar-refractivity contribution in [3.8, 4) is 0 Å². The lowest BCUT2D eigenvalue weighted by Gasteiger charge is -2.43. The molecule has 2 atom stereocenters. The molecule has 5 nitrogen and oxygen atoms in total. The topological polar surface area (TPSA) is 43.9 Å². The Morgan fingerprint density at radius 3 is 2.50 bits per heavy atom. The van der Waals surface area contributed by atoms with Gasteiger partial charge in [-0.3, -0.25) is 14.5 Å². The van der Waals surface area contributed by atoms with Crippen molar-refractivity contribution >= 4 is 11.8 Å². The van der Waals surface area contributed by atoms with Crippen molar-refractivity contribution in [2.24, 2.45) is 11.8 Å². The zero-order valence-corrected chi connectivity index (χ0v) is 17.2. The normalized spacial score (nSPS) is 24.1. The lowest BCUT2D eigenvalue weighted by molar-refractivity contribution is -0.148. The minimum Gasteiger partial charge on any atom is -0.340 e. The van der Waals surface area contributed by atoms with Crippen LogP contribution in [0.15, 0.2) is 24.3 Å². The maximum atomic E-state index is 13.9. The van der Waals surface area contributed by atoms with E-state index in [4.69, 9.17) is 0 Å². The summed E-state index contributed by atoms with van der Waals surface area (Å²) >= 11 is 0. The van der Waals surface area contributed by atoms with Crippen molar-refractivity contribution in [1.82, 2.24) is 14.7 Å². The Balaban J connectivity index is 1.56. The fraction of sp³-hybridized carbons (Fsp3) is 0.636. The Morgan fingerprint density at radius 2 is 1.86 bits per heavy atom. The second-order valence-corrected chi connectivity index (χ2v) is 8.52. The smallest absolute Gasteiger partial charge is 0.227 e. The number of amides is 2. The van der Waals surface area contributed by atoms with Crippen molar-refractivity contribution in [1.29, 1.82) is 0 Å². The van der Waals surface area contributed by atoms with Gasteiger partial charge in [-0.25, -0.2) is 4.39 Å². The molecule has 1 aromatic rings. The first-order chi connectivity index (χ1) is 13.4. The molecule has 1 aromatic carbocycles. The van der Waals surface area contributed by atoms with Crippen LogP contribution >= 0.6 is 0 Å². The number of hydrogen-bond acceptors (Lipinski definition) is 3. The van der Waals surface area contributed by atoms with Gasteiger partial charge in [0.15, 0.2) is 0 Å². The van der Waals surface area contributed by atoms with E-state index >= 15 is 0 Å². The Morgan fingerprint density at radius 1 is 1.18 bits per heavy atom. The van der Waals surface area contributed by atoms with Crippen LogP contribution in [-0.4, -0.2) is 65.3 Å². The molecular formula is C22H32FN3O2. The van der Waals surface area contributed by atoms with E-state index in [2.05, 4.69) is 18.7 Å². The molecule has 2 aliphatic heterocycles. The molecule has 3 rings (SSSR count). The molecule has 2 fully saturated rings. The summed E-state index contributed by atoms with van der Waals surface area (Å²) in [5, 5.41) is 0. The van der Waals surface area contributed by atoms with E-state index < -0.39 is 0 Å². The standard InChI is InChI=1S/C22H32FN3O2/c1-16(2)14-26-17(3)19(8-9-21(26)27)22(28)25-12-10-24(11-13-25)15-18-6-4-5-7-20(18)23/h4-7,16-17,19H,8-15H2,1-3H3/t17-,19-/m1/s1. The molecule has 2 amide bonds. The van der Waals surface area contributed by atoms with Gasteiger partial charge in [0.1, 0.15) is 5.82 Å². The van der Waals surface area contributed by atoms with Crippen molar-refractivity contribution in [3.05, 3.63) is 35.6 Å². The predicted molar refractivity (Wildman–Crippen MR) is 107 cm³/mol. The van der Waals surface area contributed by atoms with Crippen LogP contribution in [0.3, 0.4) is 0 Å². The van der Waals surface area contributed by atoms with E-state index in [0.717, 1.165) is 13.1 Å². The van der Waals surface area contributed by atoms with Gasteiger partial charge in [-0.05, 0) is 25.3 Å². The molecule has 0 saturated carbocycles. The molecule has 2 aliphatic rings. The number of rotatable bonds is 5. The SMILES string of the molecule is CC(C)CN1C(=O)CC[C@@H](C(=O)N2CCN(Cc3ccccc3F)CC2)[C@H]1C. The Hall–Kier alpha value is -1.95. The second-order valence-electron chi connectivity index (χ2n) is 8.52. The molecule has 0 unspecified atom stereocenters. The van der Waals surface area contributed by atoms with Crippen molar-refractivity contribution < 1.29 is 14.0 Å². The Bertz CT molecular complexity index is 701. The average molecular weight is 390 g/mol. The summed E-state index contributed by atoms with van der Waals surface area (Å²) in [6.07, 6.45) is 1.10. The quantitative estimate of drug-likeness (QED) is 0.778. The van der Waals surface area contributed by atoms with E-state index in [-0.39, 0.29) is 29.6 Å². The van der Waals surface area contributed by atoms with Crippen LogP contribution in [0.4, 0.5) is 4.39 Å². The highest BCUT2D eigenvalue weighted by Crippen LogP contribution is 2.27. The summed E-state index contributed by atoms with van der Waals surface area (Å²) in [5.74, 6) is 0.433. The monoisotopic (exact) mass is 389 g/mol. The molecule has 154 valence electrons. The first kappa shape index (κ1) is 20.8. The van der Waals surface area contributed by atoms with Gasteiger partial charge in [-0.15, -0.1) is 0 Å². The molecular weight excluding hydrogens is 357 g/mol. The van der Waals surface area contributed by atoms with Crippen LogP contribution in [-0.2, 0) is 16.1 Å². The van der Waals surface area contributed by atoms with Crippen LogP contribution < -0.4 is 0 Å². The summed E-state index contributed by atoms with van der Waals surface area (Å²) < 4.78 is 13.9. The number of piperidine rings is 1. The van der Waals surface area contributed by atoms with Gasteiger partial charge >= 0.3 is 0 Å². The Kier molecular flexibility index (Phi) is 6.70. The van der Waals surface area contributed by atoms with Crippen LogP contribution in [0.5, 0.6) is 0 Å². The number of benzene rings is 1. The molecule has 6 heteroatoms. The van der Waals surface area contributed by atoms with Gasteiger partial charge in [-0.1, -0.05) is 32.0 Å². The second kappa shape index (κ2) is 9.03. The van der Waals surface area contributed by atoms with E-state index in [1.807, 2.05) is 28.9 Å². The number of piperazine rings is 1. The van der Waals surface area contributed by atoms with Gasteiger partial charge < -0.3 is 9.80 Å². The fourth-order valence-electron chi connectivity index (χ4n) is 4.33. The number of hydrogen-bond donors (Lipinski definition) is 0. The molecule has 0 aromatic heterocycles. The highest BCUT2D eigenvalue weighted by atomic mass is 19.1. The number of halogens is 1. The van der Waals surface area contributed by atoms with Crippen molar-refractivity contribution in [2.75, 3.05) is 32.7 Å². The van der Waals surface area contributed by atoms with Gasteiger partial charge in [0.25, 0.3) is 0 Å².